The molecule has 0 fully saturated rings. The number of ether oxygens (including phenoxy) is 1. The van der Waals surface area contributed by atoms with Gasteiger partial charge < -0.3 is 9.72 Å². The molecule has 3 rings (SSSR count). The summed E-state index contributed by atoms with van der Waals surface area (Å²) in [5, 5.41) is 2.20. The van der Waals surface area contributed by atoms with Gasteiger partial charge in [0.1, 0.15) is 5.65 Å². The average molecular weight is 380 g/mol. The van der Waals surface area contributed by atoms with E-state index in [1.807, 2.05) is 26.1 Å². The van der Waals surface area contributed by atoms with Crippen LogP contribution in [-0.2, 0) is 4.74 Å². The lowest BCUT2D eigenvalue weighted by atomic mass is 10.0. The van der Waals surface area contributed by atoms with Gasteiger partial charge in [0.15, 0.2) is 0 Å². The second-order valence-corrected chi connectivity index (χ2v) is 5.97. The number of nitrogens with one attached hydrogen (secondary N) is 1. The molecule has 5 heteroatoms. The molecule has 0 bridgehead atoms. The predicted molar refractivity (Wildman–Crippen MR) is 87.1 cm³/mol. The summed E-state index contributed by atoms with van der Waals surface area (Å²) in [4.78, 5) is 19.6. The Balaban J connectivity index is 2.46. The SMILES string of the molecule is COC(=O)c1cc(I)c2c([nH]c3ncc(C)cc32)c1C. The van der Waals surface area contributed by atoms with Crippen LogP contribution in [0.5, 0.6) is 0 Å². The Kier molecular flexibility index (Phi) is 3.16. The second-order valence-electron chi connectivity index (χ2n) is 4.81. The molecule has 102 valence electrons. The number of aromatic amines is 1. The lowest BCUT2D eigenvalue weighted by Crippen LogP contribution is -2.04. The van der Waals surface area contributed by atoms with Crippen LogP contribution in [0.1, 0.15) is 21.5 Å². The highest BCUT2D eigenvalue weighted by molar-refractivity contribution is 14.1. The average Bonchev–Trinajstić information content (AvgIpc) is 2.81. The molecule has 2 aromatic heterocycles. The molecule has 20 heavy (non-hydrogen) atoms. The summed E-state index contributed by atoms with van der Waals surface area (Å²) in [6, 6.07) is 3.99. The monoisotopic (exact) mass is 380 g/mol. The van der Waals surface area contributed by atoms with E-state index in [1.54, 1.807) is 0 Å². The number of nitrogens with zero attached hydrogens (tertiary/aromatic N) is 1. The van der Waals surface area contributed by atoms with Crippen molar-refractivity contribution in [3.05, 3.63) is 38.6 Å². The van der Waals surface area contributed by atoms with E-state index < -0.39 is 0 Å². The molecule has 0 aliphatic rings. The third kappa shape index (κ3) is 1.88. The van der Waals surface area contributed by atoms with E-state index in [4.69, 9.17) is 4.74 Å². The number of esters is 1. The predicted octanol–water partition coefficient (Wildman–Crippen LogP) is 3.72. The maximum Gasteiger partial charge on any atom is 0.338 e. The number of benzene rings is 1. The number of aryl methyl sites for hydroxylation is 2. The van der Waals surface area contributed by atoms with Crippen molar-refractivity contribution in [3.8, 4) is 0 Å². The normalized spacial score (nSPS) is 11.2. The number of hydrogen-bond donors (Lipinski definition) is 1. The topological polar surface area (TPSA) is 55.0 Å². The van der Waals surface area contributed by atoms with E-state index >= 15 is 0 Å². The van der Waals surface area contributed by atoms with Gasteiger partial charge in [-0.1, -0.05) is 0 Å². The lowest BCUT2D eigenvalue weighted by molar-refractivity contribution is 0.0600. The number of methoxy groups -OCH3 is 1. The van der Waals surface area contributed by atoms with Crippen molar-refractivity contribution in [2.75, 3.05) is 7.11 Å². The van der Waals surface area contributed by atoms with Crippen molar-refractivity contribution in [2.24, 2.45) is 0 Å². The summed E-state index contributed by atoms with van der Waals surface area (Å²) in [6.45, 7) is 3.95. The quantitative estimate of drug-likeness (QED) is 0.517. The first-order valence-corrected chi connectivity index (χ1v) is 7.26. The van der Waals surface area contributed by atoms with Gasteiger partial charge in [0.25, 0.3) is 0 Å². The molecule has 0 amide bonds. The van der Waals surface area contributed by atoms with Crippen LogP contribution in [0.15, 0.2) is 18.3 Å². The minimum Gasteiger partial charge on any atom is -0.465 e. The van der Waals surface area contributed by atoms with Crippen LogP contribution in [0.4, 0.5) is 0 Å². The minimum atomic E-state index is -0.315. The second kappa shape index (κ2) is 4.73. The molecule has 4 nitrogen and oxygen atoms in total. The van der Waals surface area contributed by atoms with E-state index in [-0.39, 0.29) is 5.97 Å². The molecule has 0 aliphatic heterocycles. The molecule has 0 unspecified atom stereocenters. The largest absolute Gasteiger partial charge is 0.465 e. The Hall–Kier alpha value is -1.63. The highest BCUT2D eigenvalue weighted by Crippen LogP contribution is 2.33. The fourth-order valence-corrected chi connectivity index (χ4v) is 3.34. The number of hydrogen-bond acceptors (Lipinski definition) is 3. The Bertz CT molecular complexity index is 852. The minimum absolute atomic E-state index is 0.315. The van der Waals surface area contributed by atoms with Crippen molar-refractivity contribution in [2.45, 2.75) is 13.8 Å². The number of H-pyrrole nitrogens is 1. The third-order valence-electron chi connectivity index (χ3n) is 3.48. The highest BCUT2D eigenvalue weighted by Gasteiger charge is 2.18. The number of carbonyl (C=O) groups excluding carboxylic acids is 1. The Labute approximate surface area is 129 Å². The lowest BCUT2D eigenvalue weighted by Gasteiger charge is -2.07. The van der Waals surface area contributed by atoms with Crippen LogP contribution >= 0.6 is 22.6 Å². The standard InChI is InChI=1S/C15H13IN2O2/c1-7-4-10-12-11(16)5-9(15(19)20-3)8(2)13(12)18-14(10)17-6-7/h4-6H,1-3H3,(H,17,18). The van der Waals surface area contributed by atoms with E-state index in [9.17, 15) is 4.79 Å². The van der Waals surface area contributed by atoms with Crippen LogP contribution in [0.25, 0.3) is 21.9 Å². The highest BCUT2D eigenvalue weighted by atomic mass is 127. The van der Waals surface area contributed by atoms with Crippen molar-refractivity contribution >= 4 is 50.5 Å². The number of halogens is 1. The molecule has 2 heterocycles. The van der Waals surface area contributed by atoms with Gasteiger partial charge in [-0.05, 0) is 59.7 Å². The fourth-order valence-electron chi connectivity index (χ4n) is 2.47. The maximum absolute atomic E-state index is 11.8. The molecule has 0 spiro atoms. The van der Waals surface area contributed by atoms with Crippen LogP contribution < -0.4 is 0 Å². The number of aromatic nitrogens is 2. The van der Waals surface area contributed by atoms with Gasteiger partial charge in [-0.3, -0.25) is 0 Å². The Morgan fingerprint density at radius 1 is 1.35 bits per heavy atom. The van der Waals surface area contributed by atoms with Gasteiger partial charge in [0.2, 0.25) is 0 Å². The molecule has 1 N–H and O–H groups in total. The number of rotatable bonds is 1. The van der Waals surface area contributed by atoms with Crippen molar-refractivity contribution < 1.29 is 9.53 Å². The summed E-state index contributed by atoms with van der Waals surface area (Å²) >= 11 is 2.25. The van der Waals surface area contributed by atoms with E-state index in [1.165, 1.54) is 7.11 Å². The van der Waals surface area contributed by atoms with Gasteiger partial charge in [-0.15, -0.1) is 0 Å². The Morgan fingerprint density at radius 3 is 2.80 bits per heavy atom. The van der Waals surface area contributed by atoms with Gasteiger partial charge in [0.05, 0.1) is 18.2 Å². The number of pyridine rings is 1. The first-order valence-electron chi connectivity index (χ1n) is 6.18. The summed E-state index contributed by atoms with van der Waals surface area (Å²) in [5.41, 5.74) is 4.39. The van der Waals surface area contributed by atoms with Crippen LogP contribution in [0.2, 0.25) is 0 Å². The third-order valence-corrected chi connectivity index (χ3v) is 4.33. The van der Waals surface area contributed by atoms with Gasteiger partial charge in [0, 0.05) is 20.5 Å². The smallest absolute Gasteiger partial charge is 0.338 e. The molecule has 0 saturated heterocycles. The summed E-state index contributed by atoms with van der Waals surface area (Å²) in [6.07, 6.45) is 1.83. The zero-order chi connectivity index (χ0) is 14.4. The van der Waals surface area contributed by atoms with Gasteiger partial charge in [-0.25, -0.2) is 9.78 Å². The van der Waals surface area contributed by atoms with Gasteiger partial charge in [-0.2, -0.15) is 0 Å². The molecular weight excluding hydrogens is 367 g/mol. The van der Waals surface area contributed by atoms with Crippen LogP contribution in [0.3, 0.4) is 0 Å². The van der Waals surface area contributed by atoms with E-state index in [0.717, 1.165) is 36.6 Å². The number of fused-ring (bicyclic) bond motifs is 3. The molecule has 3 aromatic rings. The van der Waals surface area contributed by atoms with Crippen molar-refractivity contribution in [3.63, 3.8) is 0 Å². The van der Waals surface area contributed by atoms with Gasteiger partial charge >= 0.3 is 5.97 Å². The Morgan fingerprint density at radius 2 is 2.10 bits per heavy atom. The zero-order valence-corrected chi connectivity index (χ0v) is 13.5. The number of carbonyl (C=O) groups is 1. The maximum atomic E-state index is 11.8. The molecule has 0 saturated carbocycles. The summed E-state index contributed by atoms with van der Waals surface area (Å²) in [5.74, 6) is -0.315. The zero-order valence-electron chi connectivity index (χ0n) is 11.4. The van der Waals surface area contributed by atoms with Crippen LogP contribution in [0, 0.1) is 17.4 Å². The molecule has 1 aromatic carbocycles. The van der Waals surface area contributed by atoms with Crippen LogP contribution in [-0.4, -0.2) is 23.0 Å². The van der Waals surface area contributed by atoms with Crippen molar-refractivity contribution in [1.82, 2.24) is 9.97 Å². The molecular formula is C15H13IN2O2. The molecule has 0 radical (unpaired) electrons. The van der Waals surface area contributed by atoms with Crippen molar-refractivity contribution in [1.29, 1.82) is 0 Å². The van der Waals surface area contributed by atoms with E-state index in [2.05, 4.69) is 38.6 Å². The first-order chi connectivity index (χ1) is 9.52. The summed E-state index contributed by atoms with van der Waals surface area (Å²) in [7, 11) is 1.40. The molecule has 0 atom stereocenters. The summed E-state index contributed by atoms with van der Waals surface area (Å²) < 4.78 is 5.86. The van der Waals surface area contributed by atoms with E-state index in [0.29, 0.717) is 5.56 Å². The fraction of sp³-hybridized carbons (Fsp3) is 0.200. The first kappa shape index (κ1) is 13.4. The molecule has 0 aliphatic carbocycles.